The lowest BCUT2D eigenvalue weighted by molar-refractivity contribution is 0.475. The molecule has 2 aromatic heterocycles. The molecule has 0 fully saturated rings. The zero-order valence-electron chi connectivity index (χ0n) is 12.4. The first-order chi connectivity index (χ1) is 10.5. The van der Waals surface area contributed by atoms with Gasteiger partial charge in [0.05, 0.1) is 17.5 Å². The van der Waals surface area contributed by atoms with E-state index in [-0.39, 0.29) is 5.75 Å². The number of hydrogen-bond acceptors (Lipinski definition) is 4. The van der Waals surface area contributed by atoms with Crippen LogP contribution in [0.2, 0.25) is 5.15 Å². The largest absolute Gasteiger partial charge is 0.508 e. The molecule has 0 atom stereocenters. The van der Waals surface area contributed by atoms with Crippen LogP contribution in [0.4, 0.5) is 0 Å². The highest BCUT2D eigenvalue weighted by molar-refractivity contribution is 6.32. The molecule has 0 unspecified atom stereocenters. The fourth-order valence-corrected chi connectivity index (χ4v) is 2.62. The quantitative estimate of drug-likeness (QED) is 0.803. The SMILES string of the molecule is Cc1nn(C)c(Cl)c1-c1cn(CCc2ccc(O)cc2)nn1. The molecule has 1 aromatic carbocycles. The molecule has 0 spiro atoms. The fraction of sp³-hybridized carbons (Fsp3) is 0.267. The molecule has 1 N–H and O–H groups in total. The second-order valence-electron chi connectivity index (χ2n) is 5.16. The Morgan fingerprint density at radius 2 is 1.95 bits per heavy atom. The molecule has 3 rings (SSSR count). The lowest BCUT2D eigenvalue weighted by atomic mass is 10.1. The van der Waals surface area contributed by atoms with Gasteiger partial charge in [-0.25, -0.2) is 0 Å². The normalized spacial score (nSPS) is 11.0. The van der Waals surface area contributed by atoms with Crippen molar-refractivity contribution in [1.82, 2.24) is 24.8 Å². The molecular weight excluding hydrogens is 302 g/mol. The molecule has 3 aromatic rings. The van der Waals surface area contributed by atoms with Crippen LogP contribution >= 0.6 is 11.6 Å². The van der Waals surface area contributed by atoms with Crippen LogP contribution in [0.3, 0.4) is 0 Å². The van der Waals surface area contributed by atoms with Gasteiger partial charge in [-0.1, -0.05) is 28.9 Å². The van der Waals surface area contributed by atoms with Crippen molar-refractivity contribution < 1.29 is 5.11 Å². The number of phenolic OH excluding ortho intramolecular Hbond substituents is 1. The zero-order valence-corrected chi connectivity index (χ0v) is 13.1. The Bertz CT molecular complexity index is 791. The molecule has 0 radical (unpaired) electrons. The van der Waals surface area contributed by atoms with Crippen LogP contribution < -0.4 is 0 Å². The van der Waals surface area contributed by atoms with Gasteiger partial charge in [0, 0.05) is 13.6 Å². The van der Waals surface area contributed by atoms with Crippen LogP contribution in [0, 0.1) is 6.92 Å². The molecule has 0 aliphatic heterocycles. The van der Waals surface area contributed by atoms with E-state index in [1.54, 1.807) is 28.5 Å². The molecule has 0 saturated heterocycles. The van der Waals surface area contributed by atoms with Gasteiger partial charge in [-0.2, -0.15) is 5.10 Å². The minimum atomic E-state index is 0.272. The van der Waals surface area contributed by atoms with Gasteiger partial charge in [0.2, 0.25) is 0 Å². The fourth-order valence-electron chi connectivity index (χ4n) is 2.35. The van der Waals surface area contributed by atoms with Crippen molar-refractivity contribution >= 4 is 11.6 Å². The molecule has 114 valence electrons. The van der Waals surface area contributed by atoms with Crippen molar-refractivity contribution in [2.45, 2.75) is 19.9 Å². The Balaban J connectivity index is 1.75. The second-order valence-corrected chi connectivity index (χ2v) is 5.52. The highest BCUT2D eigenvalue weighted by atomic mass is 35.5. The number of halogens is 1. The van der Waals surface area contributed by atoms with E-state index in [0.717, 1.165) is 28.9 Å². The van der Waals surface area contributed by atoms with Crippen LogP contribution in [0.5, 0.6) is 5.75 Å². The van der Waals surface area contributed by atoms with Crippen molar-refractivity contribution in [2.75, 3.05) is 0 Å². The summed E-state index contributed by atoms with van der Waals surface area (Å²) in [5.74, 6) is 0.272. The maximum Gasteiger partial charge on any atom is 0.136 e. The average molecular weight is 318 g/mol. The summed E-state index contributed by atoms with van der Waals surface area (Å²) < 4.78 is 3.41. The summed E-state index contributed by atoms with van der Waals surface area (Å²) in [5, 5.41) is 22.4. The average Bonchev–Trinajstić information content (AvgIpc) is 3.04. The summed E-state index contributed by atoms with van der Waals surface area (Å²) in [6, 6.07) is 7.16. The van der Waals surface area contributed by atoms with Crippen molar-refractivity contribution in [3.05, 3.63) is 46.9 Å². The minimum Gasteiger partial charge on any atom is -0.508 e. The Hall–Kier alpha value is -2.34. The Morgan fingerprint density at radius 1 is 1.23 bits per heavy atom. The van der Waals surface area contributed by atoms with Gasteiger partial charge in [-0.05, 0) is 31.0 Å². The highest BCUT2D eigenvalue weighted by Crippen LogP contribution is 2.28. The van der Waals surface area contributed by atoms with Gasteiger partial charge >= 0.3 is 0 Å². The summed E-state index contributed by atoms with van der Waals surface area (Å²) in [5.41, 5.74) is 3.50. The standard InChI is InChI=1S/C15H16ClN5O/c1-10-14(15(16)20(2)18-10)13-9-21(19-17-13)8-7-11-3-5-12(22)6-4-11/h3-6,9,22H,7-8H2,1-2H3. The molecule has 7 heteroatoms. The molecule has 0 saturated carbocycles. The van der Waals surface area contributed by atoms with Crippen LogP contribution in [0.15, 0.2) is 30.5 Å². The van der Waals surface area contributed by atoms with E-state index in [9.17, 15) is 5.11 Å². The van der Waals surface area contributed by atoms with E-state index in [4.69, 9.17) is 11.6 Å². The molecule has 6 nitrogen and oxygen atoms in total. The summed E-state index contributed by atoms with van der Waals surface area (Å²) in [6.45, 7) is 2.60. The molecule has 22 heavy (non-hydrogen) atoms. The van der Waals surface area contributed by atoms with Crippen LogP contribution in [-0.4, -0.2) is 29.9 Å². The van der Waals surface area contributed by atoms with E-state index in [2.05, 4.69) is 15.4 Å². The monoisotopic (exact) mass is 317 g/mol. The van der Waals surface area contributed by atoms with E-state index in [1.165, 1.54) is 0 Å². The van der Waals surface area contributed by atoms with Crippen molar-refractivity contribution in [3.63, 3.8) is 0 Å². The molecule has 0 aliphatic rings. The number of rotatable bonds is 4. The lowest BCUT2D eigenvalue weighted by Gasteiger charge is -2.01. The van der Waals surface area contributed by atoms with E-state index < -0.39 is 0 Å². The smallest absolute Gasteiger partial charge is 0.136 e. The zero-order chi connectivity index (χ0) is 15.7. The number of nitrogens with zero attached hydrogens (tertiary/aromatic N) is 5. The first-order valence-electron chi connectivity index (χ1n) is 6.92. The number of aryl methyl sites for hydroxylation is 4. The van der Waals surface area contributed by atoms with Gasteiger partial charge in [-0.3, -0.25) is 9.36 Å². The second kappa shape index (κ2) is 5.81. The number of aromatic nitrogens is 5. The molecule has 0 aliphatic carbocycles. The first kappa shape index (κ1) is 14.6. The number of phenols is 1. The van der Waals surface area contributed by atoms with Gasteiger partial charge in [0.25, 0.3) is 0 Å². The summed E-state index contributed by atoms with van der Waals surface area (Å²) >= 11 is 6.25. The summed E-state index contributed by atoms with van der Waals surface area (Å²) in [7, 11) is 1.80. The van der Waals surface area contributed by atoms with Crippen molar-refractivity contribution in [3.8, 4) is 17.0 Å². The number of benzene rings is 1. The summed E-state index contributed by atoms with van der Waals surface area (Å²) in [4.78, 5) is 0. The Labute approximate surface area is 133 Å². The third-order valence-corrected chi connectivity index (χ3v) is 3.95. The van der Waals surface area contributed by atoms with Crippen LogP contribution in [0.25, 0.3) is 11.3 Å². The van der Waals surface area contributed by atoms with E-state index >= 15 is 0 Å². The third kappa shape index (κ3) is 2.82. The van der Waals surface area contributed by atoms with Crippen molar-refractivity contribution in [1.29, 1.82) is 0 Å². The van der Waals surface area contributed by atoms with Crippen LogP contribution in [0.1, 0.15) is 11.3 Å². The molecule has 0 amide bonds. The maximum atomic E-state index is 9.28. The maximum absolute atomic E-state index is 9.28. The van der Waals surface area contributed by atoms with E-state index in [1.807, 2.05) is 25.3 Å². The Morgan fingerprint density at radius 3 is 2.59 bits per heavy atom. The number of aromatic hydroxyl groups is 1. The summed E-state index contributed by atoms with van der Waals surface area (Å²) in [6.07, 6.45) is 2.68. The van der Waals surface area contributed by atoms with Gasteiger partial charge in [-0.15, -0.1) is 5.10 Å². The van der Waals surface area contributed by atoms with Crippen molar-refractivity contribution in [2.24, 2.45) is 7.05 Å². The number of hydrogen-bond donors (Lipinski definition) is 1. The topological polar surface area (TPSA) is 68.8 Å². The molecular formula is C15H16ClN5O. The van der Waals surface area contributed by atoms with Crippen LogP contribution in [-0.2, 0) is 20.0 Å². The molecule has 2 heterocycles. The molecule has 0 bridgehead atoms. The third-order valence-electron chi connectivity index (χ3n) is 3.51. The lowest BCUT2D eigenvalue weighted by Crippen LogP contribution is -2.01. The van der Waals surface area contributed by atoms with E-state index in [0.29, 0.717) is 11.7 Å². The first-order valence-corrected chi connectivity index (χ1v) is 7.30. The van der Waals surface area contributed by atoms with Gasteiger partial charge in [0.1, 0.15) is 16.6 Å². The minimum absolute atomic E-state index is 0.272. The predicted molar refractivity (Wildman–Crippen MR) is 83.8 cm³/mol. The Kier molecular flexibility index (Phi) is 3.85. The predicted octanol–water partition coefficient (Wildman–Crippen LogP) is 2.59. The van der Waals surface area contributed by atoms with Gasteiger partial charge < -0.3 is 5.11 Å². The van der Waals surface area contributed by atoms with Gasteiger partial charge in [0.15, 0.2) is 0 Å². The highest BCUT2D eigenvalue weighted by Gasteiger charge is 2.16.